The molecule has 0 unspecified atom stereocenters. The van der Waals surface area contributed by atoms with Crippen molar-refractivity contribution in [3.63, 3.8) is 0 Å². The van der Waals surface area contributed by atoms with Crippen LogP contribution in [0, 0.1) is 0 Å². The Morgan fingerprint density at radius 1 is 1.58 bits per heavy atom. The van der Waals surface area contributed by atoms with E-state index in [1.54, 1.807) is 18.3 Å². The van der Waals surface area contributed by atoms with Crippen molar-refractivity contribution in [3.05, 3.63) is 18.2 Å². The standard InChI is InChI=1S/C8H15N3S/c1-12-11-5-3-2-4-8-6-9-7-10-8/h6-7,11H,2-5H2,1H3,(H,9,10). The summed E-state index contributed by atoms with van der Waals surface area (Å²) in [4.78, 5) is 7.05. The first-order chi connectivity index (χ1) is 5.93. The molecule has 0 aromatic carbocycles. The number of hydrogen-bond acceptors (Lipinski definition) is 3. The lowest BCUT2D eigenvalue weighted by atomic mass is 10.2. The zero-order valence-corrected chi connectivity index (χ0v) is 8.16. The van der Waals surface area contributed by atoms with Crippen LogP contribution in [0.1, 0.15) is 18.5 Å². The summed E-state index contributed by atoms with van der Waals surface area (Å²) in [5.41, 5.74) is 1.24. The van der Waals surface area contributed by atoms with Crippen LogP contribution in [0.15, 0.2) is 12.5 Å². The highest BCUT2D eigenvalue weighted by molar-refractivity contribution is 7.96. The number of rotatable bonds is 6. The molecule has 0 aliphatic carbocycles. The van der Waals surface area contributed by atoms with Crippen LogP contribution in [0.4, 0.5) is 0 Å². The predicted octanol–water partition coefficient (Wildman–Crippen LogP) is 1.60. The van der Waals surface area contributed by atoms with E-state index in [0.717, 1.165) is 13.0 Å². The zero-order valence-electron chi connectivity index (χ0n) is 7.34. The van der Waals surface area contributed by atoms with Crippen LogP contribution in [0.5, 0.6) is 0 Å². The van der Waals surface area contributed by atoms with Crippen LogP contribution in [0.3, 0.4) is 0 Å². The Kier molecular flexibility index (Phi) is 4.87. The second-order valence-corrected chi connectivity index (χ2v) is 3.33. The number of H-pyrrole nitrogens is 1. The summed E-state index contributed by atoms with van der Waals surface area (Å²) in [5.74, 6) is 0. The van der Waals surface area contributed by atoms with Crippen molar-refractivity contribution in [3.8, 4) is 0 Å². The molecule has 1 heterocycles. The first-order valence-corrected chi connectivity index (χ1v) is 5.39. The van der Waals surface area contributed by atoms with E-state index in [-0.39, 0.29) is 0 Å². The van der Waals surface area contributed by atoms with Gasteiger partial charge in [-0.3, -0.25) is 4.72 Å². The Balaban J connectivity index is 1.96. The average Bonchev–Trinajstić information content (AvgIpc) is 2.57. The van der Waals surface area contributed by atoms with Gasteiger partial charge < -0.3 is 4.98 Å². The molecule has 68 valence electrons. The van der Waals surface area contributed by atoms with Gasteiger partial charge in [-0.05, 0) is 25.5 Å². The highest BCUT2D eigenvalue weighted by Crippen LogP contribution is 1.99. The molecule has 0 fully saturated rings. The minimum atomic E-state index is 1.09. The fourth-order valence-corrected chi connectivity index (χ4v) is 1.38. The van der Waals surface area contributed by atoms with Gasteiger partial charge >= 0.3 is 0 Å². The largest absolute Gasteiger partial charge is 0.348 e. The quantitative estimate of drug-likeness (QED) is 0.522. The van der Waals surface area contributed by atoms with Crippen molar-refractivity contribution < 1.29 is 0 Å². The molecule has 3 nitrogen and oxygen atoms in total. The lowest BCUT2D eigenvalue weighted by Gasteiger charge is -1.99. The van der Waals surface area contributed by atoms with Gasteiger partial charge in [0.1, 0.15) is 0 Å². The maximum absolute atomic E-state index is 3.96. The molecule has 0 aliphatic heterocycles. The van der Waals surface area contributed by atoms with Crippen molar-refractivity contribution in [1.82, 2.24) is 14.7 Å². The van der Waals surface area contributed by atoms with E-state index < -0.39 is 0 Å². The Hall–Kier alpha value is -0.480. The molecule has 1 aromatic rings. The molecule has 0 radical (unpaired) electrons. The average molecular weight is 185 g/mol. The van der Waals surface area contributed by atoms with Gasteiger partial charge in [-0.1, -0.05) is 11.9 Å². The number of imidazole rings is 1. The second-order valence-electron chi connectivity index (χ2n) is 2.63. The molecule has 1 aromatic heterocycles. The number of aromatic nitrogens is 2. The third-order valence-corrected chi connectivity index (χ3v) is 2.17. The molecule has 2 N–H and O–H groups in total. The van der Waals surface area contributed by atoms with E-state index in [9.17, 15) is 0 Å². The molecular formula is C8H15N3S. The van der Waals surface area contributed by atoms with E-state index in [0.29, 0.717) is 0 Å². The van der Waals surface area contributed by atoms with E-state index in [4.69, 9.17) is 0 Å². The van der Waals surface area contributed by atoms with Crippen LogP contribution >= 0.6 is 11.9 Å². The van der Waals surface area contributed by atoms with Crippen molar-refractivity contribution in [2.45, 2.75) is 19.3 Å². The van der Waals surface area contributed by atoms with Crippen molar-refractivity contribution in [1.29, 1.82) is 0 Å². The summed E-state index contributed by atoms with van der Waals surface area (Å²) in [6.45, 7) is 1.09. The van der Waals surface area contributed by atoms with Crippen LogP contribution in [0.2, 0.25) is 0 Å². The number of nitrogens with one attached hydrogen (secondary N) is 2. The predicted molar refractivity (Wildman–Crippen MR) is 53.0 cm³/mol. The molecular weight excluding hydrogens is 170 g/mol. The Morgan fingerprint density at radius 2 is 2.50 bits per heavy atom. The topological polar surface area (TPSA) is 40.7 Å². The lowest BCUT2D eigenvalue weighted by molar-refractivity contribution is 0.716. The van der Waals surface area contributed by atoms with Crippen molar-refractivity contribution >= 4 is 11.9 Å². The molecule has 0 saturated carbocycles. The van der Waals surface area contributed by atoms with Crippen LogP contribution in [-0.2, 0) is 6.42 Å². The van der Waals surface area contributed by atoms with Gasteiger partial charge in [0.05, 0.1) is 6.33 Å². The molecule has 1 rings (SSSR count). The summed E-state index contributed by atoms with van der Waals surface area (Å²) in [6.07, 6.45) is 9.22. The van der Waals surface area contributed by atoms with Gasteiger partial charge in [0.15, 0.2) is 0 Å². The van der Waals surface area contributed by atoms with Gasteiger partial charge in [0.25, 0.3) is 0 Å². The van der Waals surface area contributed by atoms with Gasteiger partial charge in [-0.25, -0.2) is 4.98 Å². The van der Waals surface area contributed by atoms with Crippen LogP contribution in [-0.4, -0.2) is 22.8 Å². The van der Waals surface area contributed by atoms with Crippen molar-refractivity contribution in [2.75, 3.05) is 12.8 Å². The first kappa shape index (κ1) is 9.61. The Labute approximate surface area is 77.5 Å². The summed E-state index contributed by atoms with van der Waals surface area (Å²) in [6, 6.07) is 0. The molecule has 0 bridgehead atoms. The minimum Gasteiger partial charge on any atom is -0.348 e. The summed E-state index contributed by atoms with van der Waals surface area (Å²) in [5, 5.41) is 0. The fraction of sp³-hybridized carbons (Fsp3) is 0.625. The molecule has 0 saturated heterocycles. The monoisotopic (exact) mass is 185 g/mol. The minimum absolute atomic E-state index is 1.09. The summed E-state index contributed by atoms with van der Waals surface area (Å²) in [7, 11) is 0. The SMILES string of the molecule is CSNCCCCc1cnc[nH]1. The van der Waals surface area contributed by atoms with Gasteiger partial charge in [0.2, 0.25) is 0 Å². The van der Waals surface area contributed by atoms with Gasteiger partial charge in [0, 0.05) is 18.4 Å². The maximum Gasteiger partial charge on any atom is 0.0921 e. The van der Waals surface area contributed by atoms with Crippen LogP contribution < -0.4 is 4.72 Å². The molecule has 0 spiro atoms. The number of aromatic amines is 1. The van der Waals surface area contributed by atoms with Crippen molar-refractivity contribution in [2.24, 2.45) is 0 Å². The third kappa shape index (κ3) is 3.78. The molecule has 12 heavy (non-hydrogen) atoms. The summed E-state index contributed by atoms with van der Waals surface area (Å²) < 4.78 is 3.22. The van der Waals surface area contributed by atoms with E-state index in [1.165, 1.54) is 18.5 Å². The fourth-order valence-electron chi connectivity index (χ4n) is 1.04. The molecule has 0 atom stereocenters. The lowest BCUT2D eigenvalue weighted by Crippen LogP contribution is -2.04. The summed E-state index contributed by atoms with van der Waals surface area (Å²) >= 11 is 1.68. The van der Waals surface area contributed by atoms with E-state index in [2.05, 4.69) is 20.9 Å². The highest BCUT2D eigenvalue weighted by Gasteiger charge is 1.92. The number of hydrogen-bond donors (Lipinski definition) is 2. The molecule has 0 aliphatic rings. The number of nitrogens with zero attached hydrogens (tertiary/aromatic N) is 1. The van der Waals surface area contributed by atoms with E-state index in [1.807, 2.05) is 6.20 Å². The van der Waals surface area contributed by atoms with Gasteiger partial charge in [-0.15, -0.1) is 0 Å². The highest BCUT2D eigenvalue weighted by atomic mass is 32.2. The number of aryl methyl sites for hydroxylation is 1. The van der Waals surface area contributed by atoms with Gasteiger partial charge in [-0.2, -0.15) is 0 Å². The van der Waals surface area contributed by atoms with E-state index >= 15 is 0 Å². The molecule has 0 amide bonds. The third-order valence-electron chi connectivity index (χ3n) is 1.67. The Bertz CT molecular complexity index is 186. The first-order valence-electron chi connectivity index (χ1n) is 4.16. The zero-order chi connectivity index (χ0) is 8.65. The smallest absolute Gasteiger partial charge is 0.0921 e. The van der Waals surface area contributed by atoms with Crippen LogP contribution in [0.25, 0.3) is 0 Å². The maximum atomic E-state index is 3.96. The number of unbranched alkanes of at least 4 members (excludes halogenated alkanes) is 1. The molecule has 4 heteroatoms. The second kappa shape index (κ2) is 6.08. The normalized spacial score (nSPS) is 10.4. The Morgan fingerprint density at radius 3 is 3.17 bits per heavy atom.